The molecule has 21 heavy (non-hydrogen) atoms. The maximum atomic E-state index is 12.9. The molecule has 0 aliphatic rings. The van der Waals surface area contributed by atoms with E-state index in [1.54, 1.807) is 24.3 Å². The minimum absolute atomic E-state index is 0.00431. The lowest BCUT2D eigenvalue weighted by molar-refractivity contribution is -0.136. The summed E-state index contributed by atoms with van der Waals surface area (Å²) in [7, 11) is 0. The van der Waals surface area contributed by atoms with Crippen LogP contribution in [0.5, 0.6) is 0 Å². The maximum absolute atomic E-state index is 12.9. The third-order valence-corrected chi connectivity index (χ3v) is 3.25. The molecule has 0 radical (unpaired) electrons. The van der Waals surface area contributed by atoms with Crippen LogP contribution in [-0.2, 0) is 11.2 Å². The molecule has 0 amide bonds. The van der Waals surface area contributed by atoms with E-state index in [-0.39, 0.29) is 12.2 Å². The zero-order valence-electron chi connectivity index (χ0n) is 11.1. The Balaban J connectivity index is 2.00. The van der Waals surface area contributed by atoms with E-state index < -0.39 is 5.97 Å². The lowest BCUT2D eigenvalue weighted by Gasteiger charge is -2.05. The second-order valence-corrected chi connectivity index (χ2v) is 4.80. The van der Waals surface area contributed by atoms with E-state index in [1.807, 2.05) is 18.2 Å². The molecule has 3 nitrogen and oxygen atoms in total. The van der Waals surface area contributed by atoms with Crippen molar-refractivity contribution in [2.45, 2.75) is 6.42 Å². The largest absolute Gasteiger partial charge is 0.481 e. The van der Waals surface area contributed by atoms with Crippen molar-refractivity contribution in [2.75, 3.05) is 0 Å². The van der Waals surface area contributed by atoms with Crippen LogP contribution in [0.4, 0.5) is 4.39 Å². The van der Waals surface area contributed by atoms with E-state index in [9.17, 15) is 9.18 Å². The molecule has 2 aromatic carbocycles. The van der Waals surface area contributed by atoms with Gasteiger partial charge in [0.05, 0.1) is 17.6 Å². The number of halogens is 1. The highest BCUT2D eigenvalue weighted by Crippen LogP contribution is 2.22. The molecule has 0 unspecified atom stereocenters. The van der Waals surface area contributed by atoms with Crippen LogP contribution in [0.15, 0.2) is 54.6 Å². The van der Waals surface area contributed by atoms with Crippen molar-refractivity contribution in [3.05, 3.63) is 66.0 Å². The first kappa shape index (κ1) is 13.2. The van der Waals surface area contributed by atoms with Gasteiger partial charge in [0, 0.05) is 10.9 Å². The molecule has 3 rings (SSSR count). The average Bonchev–Trinajstić information content (AvgIpc) is 2.47. The zero-order chi connectivity index (χ0) is 14.8. The summed E-state index contributed by atoms with van der Waals surface area (Å²) in [5.41, 5.74) is 3.12. The minimum atomic E-state index is -0.856. The summed E-state index contributed by atoms with van der Waals surface area (Å²) in [4.78, 5) is 15.3. The van der Waals surface area contributed by atoms with Gasteiger partial charge in [0.2, 0.25) is 0 Å². The van der Waals surface area contributed by atoms with E-state index >= 15 is 0 Å². The average molecular weight is 281 g/mol. The Hall–Kier alpha value is -2.75. The Bertz CT molecular complexity index is 813. The van der Waals surface area contributed by atoms with E-state index in [0.717, 1.165) is 27.7 Å². The molecule has 0 aliphatic carbocycles. The first-order chi connectivity index (χ1) is 10.1. The number of hydrogen-bond donors (Lipinski definition) is 1. The number of benzene rings is 2. The van der Waals surface area contributed by atoms with Gasteiger partial charge >= 0.3 is 5.97 Å². The lowest BCUT2D eigenvalue weighted by atomic mass is 10.1. The van der Waals surface area contributed by atoms with Crippen molar-refractivity contribution in [2.24, 2.45) is 0 Å². The van der Waals surface area contributed by atoms with Crippen LogP contribution in [-0.4, -0.2) is 16.1 Å². The number of fused-ring (bicyclic) bond motifs is 1. The first-order valence-corrected chi connectivity index (χ1v) is 6.49. The molecule has 3 aromatic rings. The molecule has 104 valence electrons. The summed E-state index contributed by atoms with van der Waals surface area (Å²) in [6, 6.07) is 15.3. The van der Waals surface area contributed by atoms with Crippen molar-refractivity contribution in [1.29, 1.82) is 0 Å². The zero-order valence-corrected chi connectivity index (χ0v) is 11.1. The first-order valence-electron chi connectivity index (χ1n) is 6.49. The Morgan fingerprint density at radius 1 is 1.05 bits per heavy atom. The highest BCUT2D eigenvalue weighted by atomic mass is 19.1. The van der Waals surface area contributed by atoms with Gasteiger partial charge in [0.15, 0.2) is 0 Å². The lowest BCUT2D eigenvalue weighted by Crippen LogP contribution is -1.99. The Morgan fingerprint density at radius 3 is 2.52 bits per heavy atom. The van der Waals surface area contributed by atoms with Crippen molar-refractivity contribution < 1.29 is 14.3 Å². The second-order valence-electron chi connectivity index (χ2n) is 4.80. The highest BCUT2D eigenvalue weighted by Gasteiger charge is 2.05. The number of carboxylic acid groups (broad SMARTS) is 1. The summed E-state index contributed by atoms with van der Waals surface area (Å²) in [6.07, 6.45) is -0.00431. The number of nitrogens with zero attached hydrogens (tertiary/aromatic N) is 1. The number of aliphatic carboxylic acids is 1. The molecule has 4 heteroatoms. The van der Waals surface area contributed by atoms with Crippen molar-refractivity contribution in [1.82, 2.24) is 4.98 Å². The van der Waals surface area contributed by atoms with Crippen LogP contribution in [0, 0.1) is 5.82 Å². The van der Waals surface area contributed by atoms with Gasteiger partial charge in [-0.05, 0) is 48.0 Å². The summed E-state index contributed by atoms with van der Waals surface area (Å²) in [5, 5.41) is 9.70. The number of aromatic nitrogens is 1. The van der Waals surface area contributed by atoms with Crippen LogP contribution in [0.3, 0.4) is 0 Å². The number of pyridine rings is 1. The van der Waals surface area contributed by atoms with E-state index in [2.05, 4.69) is 4.98 Å². The second kappa shape index (κ2) is 5.32. The summed E-state index contributed by atoms with van der Waals surface area (Å²) in [6.45, 7) is 0. The molecule has 0 saturated carbocycles. The van der Waals surface area contributed by atoms with Crippen LogP contribution in [0.1, 0.15) is 5.56 Å². The van der Waals surface area contributed by atoms with Gasteiger partial charge in [0.1, 0.15) is 5.82 Å². The molecular formula is C17H12FNO2. The molecular weight excluding hydrogens is 269 g/mol. The molecule has 0 bridgehead atoms. The van der Waals surface area contributed by atoms with Crippen molar-refractivity contribution in [3.63, 3.8) is 0 Å². The molecule has 0 fully saturated rings. The van der Waals surface area contributed by atoms with Crippen molar-refractivity contribution in [3.8, 4) is 11.3 Å². The predicted octanol–water partition coefficient (Wildman–Crippen LogP) is 3.67. The molecule has 0 atom stereocenters. The molecule has 0 saturated heterocycles. The van der Waals surface area contributed by atoms with Gasteiger partial charge in [-0.1, -0.05) is 12.1 Å². The molecule has 0 spiro atoms. The van der Waals surface area contributed by atoms with Gasteiger partial charge in [-0.2, -0.15) is 0 Å². The number of carboxylic acids is 1. The van der Waals surface area contributed by atoms with Gasteiger partial charge in [-0.25, -0.2) is 9.37 Å². The quantitative estimate of drug-likeness (QED) is 0.797. The predicted molar refractivity (Wildman–Crippen MR) is 78.5 cm³/mol. The fourth-order valence-electron chi connectivity index (χ4n) is 2.24. The minimum Gasteiger partial charge on any atom is -0.481 e. The molecule has 1 N–H and O–H groups in total. The Kier molecular flexibility index (Phi) is 3.36. The maximum Gasteiger partial charge on any atom is 0.307 e. The van der Waals surface area contributed by atoms with E-state index in [1.165, 1.54) is 12.1 Å². The van der Waals surface area contributed by atoms with Crippen LogP contribution < -0.4 is 0 Å². The van der Waals surface area contributed by atoms with Gasteiger partial charge < -0.3 is 5.11 Å². The molecule has 1 aromatic heterocycles. The third kappa shape index (κ3) is 2.89. The SMILES string of the molecule is O=C(O)Cc1ccc2nc(-c3ccc(F)cc3)ccc2c1. The highest BCUT2D eigenvalue weighted by molar-refractivity contribution is 5.83. The van der Waals surface area contributed by atoms with Gasteiger partial charge in [0.25, 0.3) is 0 Å². The molecule has 1 heterocycles. The normalized spacial score (nSPS) is 10.7. The van der Waals surface area contributed by atoms with Gasteiger partial charge in [-0.15, -0.1) is 0 Å². The summed E-state index contributed by atoms with van der Waals surface area (Å²) < 4.78 is 12.9. The summed E-state index contributed by atoms with van der Waals surface area (Å²) in [5.74, 6) is -1.14. The van der Waals surface area contributed by atoms with Crippen LogP contribution >= 0.6 is 0 Å². The van der Waals surface area contributed by atoms with Crippen LogP contribution in [0.25, 0.3) is 22.2 Å². The number of hydrogen-bond acceptors (Lipinski definition) is 2. The molecule has 0 aliphatic heterocycles. The van der Waals surface area contributed by atoms with E-state index in [4.69, 9.17) is 5.11 Å². The Morgan fingerprint density at radius 2 is 1.81 bits per heavy atom. The topological polar surface area (TPSA) is 50.2 Å². The fourth-order valence-corrected chi connectivity index (χ4v) is 2.24. The van der Waals surface area contributed by atoms with Crippen molar-refractivity contribution >= 4 is 16.9 Å². The standard InChI is InChI=1S/C17H12FNO2/c18-14-5-2-12(3-6-14)15-8-4-13-9-11(10-17(20)21)1-7-16(13)19-15/h1-9H,10H2,(H,20,21). The number of rotatable bonds is 3. The third-order valence-electron chi connectivity index (χ3n) is 3.25. The van der Waals surface area contributed by atoms with Crippen LogP contribution in [0.2, 0.25) is 0 Å². The monoisotopic (exact) mass is 281 g/mol. The van der Waals surface area contributed by atoms with E-state index in [0.29, 0.717) is 0 Å². The smallest absolute Gasteiger partial charge is 0.307 e. The van der Waals surface area contributed by atoms with Gasteiger partial charge in [-0.3, -0.25) is 4.79 Å². The Labute approximate surface area is 120 Å². The fraction of sp³-hybridized carbons (Fsp3) is 0.0588. The summed E-state index contributed by atoms with van der Waals surface area (Å²) >= 11 is 0. The number of carbonyl (C=O) groups is 1.